The van der Waals surface area contributed by atoms with Gasteiger partial charge in [0.05, 0.1) is 18.4 Å². The van der Waals surface area contributed by atoms with E-state index in [9.17, 15) is 9.59 Å². The van der Waals surface area contributed by atoms with E-state index in [1.54, 1.807) is 29.2 Å². The van der Waals surface area contributed by atoms with Crippen molar-refractivity contribution in [3.63, 3.8) is 0 Å². The van der Waals surface area contributed by atoms with Gasteiger partial charge in [0.15, 0.2) is 0 Å². The molecule has 0 aliphatic rings. The van der Waals surface area contributed by atoms with Crippen molar-refractivity contribution in [1.82, 2.24) is 14.7 Å². The lowest BCUT2D eigenvalue weighted by molar-refractivity contribution is 0.120. The standard InChI is InChI=1S/C13H14N4O4/c1-8-5-15-17(6-8)11-3-2-10(14)4-9(11)7-16(12(18)19)13(20)21/h2-6H,7,14H2,1H3,(H,18,19)(H,20,21). The van der Waals surface area contributed by atoms with Crippen LogP contribution in [-0.4, -0.2) is 37.1 Å². The van der Waals surface area contributed by atoms with Crippen molar-refractivity contribution in [3.8, 4) is 5.69 Å². The third-order valence-corrected chi connectivity index (χ3v) is 2.85. The number of aromatic nitrogens is 2. The summed E-state index contributed by atoms with van der Waals surface area (Å²) in [7, 11) is 0. The topological polar surface area (TPSA) is 122 Å². The molecular weight excluding hydrogens is 276 g/mol. The highest BCUT2D eigenvalue weighted by atomic mass is 16.4. The third-order valence-electron chi connectivity index (χ3n) is 2.85. The van der Waals surface area contributed by atoms with Crippen LogP contribution in [0.15, 0.2) is 30.6 Å². The number of carbonyl (C=O) groups is 2. The molecule has 0 spiro atoms. The number of amides is 2. The van der Waals surface area contributed by atoms with Gasteiger partial charge >= 0.3 is 12.2 Å². The Labute approximate surface area is 120 Å². The first-order chi connectivity index (χ1) is 9.88. The minimum atomic E-state index is -1.55. The molecule has 0 aliphatic heterocycles. The molecule has 8 heteroatoms. The summed E-state index contributed by atoms with van der Waals surface area (Å²) in [4.78, 5) is 22.2. The molecule has 2 rings (SSSR count). The Morgan fingerprint density at radius 2 is 2.00 bits per heavy atom. The SMILES string of the molecule is Cc1cnn(-c2ccc(N)cc2CN(C(=O)O)C(=O)O)c1. The van der Waals surface area contributed by atoms with Gasteiger partial charge in [-0.2, -0.15) is 5.10 Å². The van der Waals surface area contributed by atoms with E-state index in [1.807, 2.05) is 6.92 Å². The van der Waals surface area contributed by atoms with Crippen molar-refractivity contribution < 1.29 is 19.8 Å². The Bertz CT molecular complexity index is 681. The zero-order valence-corrected chi connectivity index (χ0v) is 11.2. The van der Waals surface area contributed by atoms with Crippen molar-refractivity contribution in [2.45, 2.75) is 13.5 Å². The molecule has 1 aromatic heterocycles. The second kappa shape index (κ2) is 5.53. The largest absolute Gasteiger partial charge is 0.465 e. The monoisotopic (exact) mass is 290 g/mol. The van der Waals surface area contributed by atoms with Gasteiger partial charge in [-0.3, -0.25) is 0 Å². The molecule has 21 heavy (non-hydrogen) atoms. The van der Waals surface area contributed by atoms with Gasteiger partial charge in [0.25, 0.3) is 0 Å². The minimum Gasteiger partial charge on any atom is -0.465 e. The number of nitrogens with two attached hydrogens (primary N) is 1. The molecule has 0 radical (unpaired) electrons. The maximum absolute atomic E-state index is 11.0. The molecule has 0 saturated carbocycles. The van der Waals surface area contributed by atoms with E-state index in [4.69, 9.17) is 15.9 Å². The predicted octanol–water partition coefficient (Wildman–Crippen LogP) is 1.92. The van der Waals surface area contributed by atoms with Crippen molar-refractivity contribution in [2.75, 3.05) is 5.73 Å². The molecule has 0 saturated heterocycles. The number of benzene rings is 1. The molecular formula is C13H14N4O4. The Morgan fingerprint density at radius 3 is 2.52 bits per heavy atom. The summed E-state index contributed by atoms with van der Waals surface area (Å²) in [6.45, 7) is 1.53. The van der Waals surface area contributed by atoms with Gasteiger partial charge < -0.3 is 15.9 Å². The van der Waals surface area contributed by atoms with Gasteiger partial charge in [0.2, 0.25) is 0 Å². The molecule has 1 heterocycles. The number of nitrogen functional groups attached to an aromatic ring is 1. The maximum atomic E-state index is 11.0. The quantitative estimate of drug-likeness (QED) is 0.742. The summed E-state index contributed by atoms with van der Waals surface area (Å²) in [6.07, 6.45) is 0.299. The Kier molecular flexibility index (Phi) is 3.79. The number of nitrogens with zero attached hydrogens (tertiary/aromatic N) is 3. The van der Waals surface area contributed by atoms with Gasteiger partial charge in [-0.05, 0) is 30.7 Å². The number of hydrogen-bond acceptors (Lipinski definition) is 4. The number of carboxylic acid groups (broad SMARTS) is 2. The first-order valence-corrected chi connectivity index (χ1v) is 6.02. The van der Waals surface area contributed by atoms with Crippen LogP contribution in [0.3, 0.4) is 0 Å². The van der Waals surface area contributed by atoms with Crippen LogP contribution in [0.4, 0.5) is 15.3 Å². The van der Waals surface area contributed by atoms with Crippen LogP contribution in [0.25, 0.3) is 5.69 Å². The summed E-state index contributed by atoms with van der Waals surface area (Å²) in [5.41, 5.74) is 8.05. The van der Waals surface area contributed by atoms with Crippen molar-refractivity contribution >= 4 is 17.9 Å². The van der Waals surface area contributed by atoms with Crippen molar-refractivity contribution in [2.24, 2.45) is 0 Å². The van der Waals surface area contributed by atoms with Gasteiger partial charge in [-0.15, -0.1) is 0 Å². The Hall–Kier alpha value is -3.03. The second-order valence-corrected chi connectivity index (χ2v) is 4.50. The highest BCUT2D eigenvalue weighted by molar-refractivity contribution is 5.85. The molecule has 0 fully saturated rings. The second-order valence-electron chi connectivity index (χ2n) is 4.50. The average Bonchev–Trinajstić information content (AvgIpc) is 2.81. The van der Waals surface area contributed by atoms with Crippen LogP contribution >= 0.6 is 0 Å². The van der Waals surface area contributed by atoms with E-state index in [-0.39, 0.29) is 11.4 Å². The summed E-state index contributed by atoms with van der Waals surface area (Å²) in [5.74, 6) is 0. The minimum absolute atomic E-state index is 0.286. The number of rotatable bonds is 3. The average molecular weight is 290 g/mol. The van der Waals surface area contributed by atoms with Crippen molar-refractivity contribution in [3.05, 3.63) is 41.7 Å². The molecule has 8 nitrogen and oxygen atoms in total. The fraction of sp³-hybridized carbons (Fsp3) is 0.154. The highest BCUT2D eigenvalue weighted by Crippen LogP contribution is 2.20. The Balaban J connectivity index is 2.44. The number of anilines is 1. The summed E-state index contributed by atoms with van der Waals surface area (Å²) < 4.78 is 1.55. The van der Waals surface area contributed by atoms with E-state index < -0.39 is 12.2 Å². The predicted molar refractivity (Wildman–Crippen MR) is 74.3 cm³/mol. The first-order valence-electron chi connectivity index (χ1n) is 6.02. The molecule has 2 aromatic rings. The van der Waals surface area contributed by atoms with Crippen LogP contribution in [0, 0.1) is 6.92 Å². The smallest absolute Gasteiger partial charge is 0.417 e. The van der Waals surface area contributed by atoms with Crippen LogP contribution in [0.2, 0.25) is 0 Å². The molecule has 1 aromatic carbocycles. The lowest BCUT2D eigenvalue weighted by Gasteiger charge is -2.16. The molecule has 0 atom stereocenters. The van der Waals surface area contributed by atoms with E-state index in [2.05, 4.69) is 5.10 Å². The molecule has 4 N–H and O–H groups in total. The van der Waals surface area contributed by atoms with Crippen LogP contribution < -0.4 is 5.73 Å². The van der Waals surface area contributed by atoms with Crippen LogP contribution in [0.5, 0.6) is 0 Å². The number of aryl methyl sites for hydroxylation is 1. The zero-order chi connectivity index (χ0) is 15.6. The molecule has 0 aliphatic carbocycles. The van der Waals surface area contributed by atoms with Crippen LogP contribution in [-0.2, 0) is 6.54 Å². The summed E-state index contributed by atoms with van der Waals surface area (Å²) >= 11 is 0. The summed E-state index contributed by atoms with van der Waals surface area (Å²) in [5, 5.41) is 22.0. The molecule has 0 bridgehead atoms. The lowest BCUT2D eigenvalue weighted by atomic mass is 10.1. The molecule has 0 unspecified atom stereocenters. The molecule has 110 valence electrons. The van der Waals surface area contributed by atoms with E-state index in [0.717, 1.165) is 5.56 Å². The molecule has 2 amide bonds. The van der Waals surface area contributed by atoms with Gasteiger partial charge in [-0.25, -0.2) is 19.2 Å². The van der Waals surface area contributed by atoms with Crippen LogP contribution in [0.1, 0.15) is 11.1 Å². The van der Waals surface area contributed by atoms with Gasteiger partial charge in [0.1, 0.15) is 0 Å². The van der Waals surface area contributed by atoms with Gasteiger partial charge in [-0.1, -0.05) is 0 Å². The van der Waals surface area contributed by atoms with E-state index >= 15 is 0 Å². The van der Waals surface area contributed by atoms with Crippen molar-refractivity contribution in [1.29, 1.82) is 0 Å². The highest BCUT2D eigenvalue weighted by Gasteiger charge is 2.22. The van der Waals surface area contributed by atoms with Gasteiger partial charge in [0, 0.05) is 17.4 Å². The Morgan fingerprint density at radius 1 is 1.33 bits per heavy atom. The maximum Gasteiger partial charge on any atom is 0.417 e. The summed E-state index contributed by atoms with van der Waals surface area (Å²) in [6, 6.07) is 4.84. The fourth-order valence-corrected chi connectivity index (χ4v) is 1.89. The number of imide groups is 1. The zero-order valence-electron chi connectivity index (χ0n) is 11.2. The third kappa shape index (κ3) is 3.11. The van der Waals surface area contributed by atoms with E-state index in [1.165, 1.54) is 6.07 Å². The fourth-order valence-electron chi connectivity index (χ4n) is 1.89. The van der Waals surface area contributed by atoms with E-state index in [0.29, 0.717) is 16.9 Å². The first kappa shape index (κ1) is 14.4. The lowest BCUT2D eigenvalue weighted by Crippen LogP contribution is -2.34. The normalized spacial score (nSPS) is 10.3. The number of hydrogen-bond donors (Lipinski definition) is 3.